The summed E-state index contributed by atoms with van der Waals surface area (Å²) < 4.78 is 19.2. The fraction of sp³-hybridized carbons (Fsp3) is 0.318. The third-order valence-electron chi connectivity index (χ3n) is 5.10. The van der Waals surface area contributed by atoms with Crippen molar-refractivity contribution in [3.05, 3.63) is 72.1 Å². The summed E-state index contributed by atoms with van der Waals surface area (Å²) in [5, 5.41) is 9.11. The zero-order valence-electron chi connectivity index (χ0n) is 16.3. The molecule has 0 aromatic heterocycles. The highest BCUT2D eigenvalue weighted by Gasteiger charge is 2.25. The van der Waals surface area contributed by atoms with Crippen molar-refractivity contribution in [2.75, 3.05) is 17.4 Å². The maximum Gasteiger partial charge on any atom is 0.270 e. The van der Waals surface area contributed by atoms with E-state index in [0.717, 1.165) is 49.0 Å². The van der Waals surface area contributed by atoms with Crippen molar-refractivity contribution in [3.63, 3.8) is 0 Å². The van der Waals surface area contributed by atoms with Gasteiger partial charge in [-0.05, 0) is 48.4 Å². The lowest BCUT2D eigenvalue weighted by molar-refractivity contribution is 0.501. The first-order chi connectivity index (χ1) is 13.6. The third-order valence-corrected chi connectivity index (χ3v) is 6.23. The Morgan fingerprint density at radius 3 is 2.57 bits per heavy atom. The lowest BCUT2D eigenvalue weighted by Crippen LogP contribution is -2.35. The summed E-state index contributed by atoms with van der Waals surface area (Å²) in [6.45, 7) is 8.38. The van der Waals surface area contributed by atoms with Gasteiger partial charge in [0.1, 0.15) is 5.82 Å². The van der Waals surface area contributed by atoms with Crippen molar-refractivity contribution >= 4 is 30.1 Å². The van der Waals surface area contributed by atoms with Crippen molar-refractivity contribution in [1.82, 2.24) is 4.31 Å². The van der Waals surface area contributed by atoms with E-state index in [9.17, 15) is 4.39 Å². The van der Waals surface area contributed by atoms with Crippen LogP contribution in [0.2, 0.25) is 12.6 Å². The summed E-state index contributed by atoms with van der Waals surface area (Å²) in [6.07, 6.45) is 2.58. The number of benzene rings is 2. The average molecular weight is 393 g/mol. The van der Waals surface area contributed by atoms with Gasteiger partial charge >= 0.3 is 0 Å². The average Bonchev–Trinajstić information content (AvgIpc) is 2.75. The molecule has 0 spiro atoms. The molecule has 0 amide bonds. The fourth-order valence-electron chi connectivity index (χ4n) is 3.22. The topological polar surface area (TPSA) is 30.3 Å². The lowest BCUT2D eigenvalue weighted by Gasteiger charge is -2.33. The number of hydrogen-bond acceptors (Lipinski definition) is 4. The maximum absolute atomic E-state index is 14.8. The van der Waals surface area contributed by atoms with Crippen LogP contribution in [0.25, 0.3) is 5.57 Å². The molecule has 0 saturated carbocycles. The smallest absolute Gasteiger partial charge is 0.270 e. The number of para-hydroxylation sites is 1. The quantitative estimate of drug-likeness (QED) is 0.447. The molecule has 0 bridgehead atoms. The van der Waals surface area contributed by atoms with E-state index in [0.29, 0.717) is 12.1 Å². The van der Waals surface area contributed by atoms with Gasteiger partial charge in [0.2, 0.25) is 0 Å². The maximum atomic E-state index is 14.8. The SMILES string of the molecule is C=C(CC)c1ccc(CN(SN2CCB(C#N)CC2)c2ccccc2)c(F)c1. The molecule has 0 radical (unpaired) electrons. The monoisotopic (exact) mass is 393 g/mol. The summed E-state index contributed by atoms with van der Waals surface area (Å²) >= 11 is 1.62. The van der Waals surface area contributed by atoms with Gasteiger partial charge in [-0.2, -0.15) is 0 Å². The Balaban J connectivity index is 1.77. The summed E-state index contributed by atoms with van der Waals surface area (Å²) in [5.74, 6) is 2.17. The molecule has 0 unspecified atom stereocenters. The van der Waals surface area contributed by atoms with Crippen molar-refractivity contribution in [2.24, 2.45) is 0 Å². The Morgan fingerprint density at radius 2 is 1.96 bits per heavy atom. The molecule has 1 saturated heterocycles. The van der Waals surface area contributed by atoms with Crippen LogP contribution in [0.5, 0.6) is 0 Å². The molecule has 0 atom stereocenters. The Hall–Kier alpha value is -2.23. The van der Waals surface area contributed by atoms with Gasteiger partial charge in [-0.25, -0.2) is 14.0 Å². The van der Waals surface area contributed by atoms with Gasteiger partial charge in [-0.15, -0.1) is 0 Å². The minimum absolute atomic E-state index is 0.152. The number of allylic oxidation sites excluding steroid dienone is 1. The zero-order valence-corrected chi connectivity index (χ0v) is 17.1. The molecular weight excluding hydrogens is 368 g/mol. The molecule has 2 aromatic rings. The van der Waals surface area contributed by atoms with Crippen LogP contribution >= 0.6 is 12.1 Å². The van der Waals surface area contributed by atoms with Crippen molar-refractivity contribution < 1.29 is 4.39 Å². The predicted octanol–water partition coefficient (Wildman–Crippen LogP) is 5.69. The molecule has 2 aromatic carbocycles. The van der Waals surface area contributed by atoms with Gasteiger partial charge in [-0.3, -0.25) is 4.31 Å². The molecule has 1 fully saturated rings. The zero-order chi connectivity index (χ0) is 19.9. The molecule has 1 heterocycles. The van der Waals surface area contributed by atoms with Gasteiger partial charge in [0.15, 0.2) is 0 Å². The predicted molar refractivity (Wildman–Crippen MR) is 118 cm³/mol. The normalized spacial score (nSPS) is 14.5. The number of halogens is 1. The van der Waals surface area contributed by atoms with Crippen LogP contribution in [-0.4, -0.2) is 24.1 Å². The molecule has 144 valence electrons. The van der Waals surface area contributed by atoms with Crippen LogP contribution in [0.3, 0.4) is 0 Å². The molecule has 0 aliphatic carbocycles. The number of nitriles is 1. The Morgan fingerprint density at radius 1 is 1.25 bits per heavy atom. The Bertz CT molecular complexity index is 845. The first kappa shape index (κ1) is 20.5. The highest BCUT2D eigenvalue weighted by atomic mass is 32.2. The summed E-state index contributed by atoms with van der Waals surface area (Å²) in [4.78, 5) is 0. The van der Waals surface area contributed by atoms with E-state index in [1.165, 1.54) is 0 Å². The van der Waals surface area contributed by atoms with Crippen LogP contribution in [0.1, 0.15) is 24.5 Å². The first-order valence-electron chi connectivity index (χ1n) is 9.72. The molecule has 3 rings (SSSR count). The van der Waals surface area contributed by atoms with E-state index in [1.54, 1.807) is 18.2 Å². The lowest BCUT2D eigenvalue weighted by atomic mass is 9.45. The highest BCUT2D eigenvalue weighted by Crippen LogP contribution is 2.31. The van der Waals surface area contributed by atoms with Crippen LogP contribution in [0.4, 0.5) is 10.1 Å². The third kappa shape index (κ3) is 5.18. The number of anilines is 1. The van der Waals surface area contributed by atoms with Crippen molar-refractivity contribution in [3.8, 4) is 5.97 Å². The van der Waals surface area contributed by atoms with Gasteiger partial charge in [0.25, 0.3) is 6.71 Å². The van der Waals surface area contributed by atoms with E-state index < -0.39 is 0 Å². The molecule has 0 N–H and O–H groups in total. The second kappa shape index (κ2) is 9.81. The van der Waals surface area contributed by atoms with Gasteiger partial charge in [0, 0.05) is 42.4 Å². The van der Waals surface area contributed by atoms with E-state index in [2.05, 4.69) is 21.2 Å². The van der Waals surface area contributed by atoms with Gasteiger partial charge in [-0.1, -0.05) is 43.8 Å². The molecule has 28 heavy (non-hydrogen) atoms. The number of rotatable bonds is 7. The molecular formula is C22H25BFN3S. The van der Waals surface area contributed by atoms with Crippen LogP contribution in [0, 0.1) is 17.0 Å². The van der Waals surface area contributed by atoms with Crippen molar-refractivity contribution in [1.29, 1.82) is 5.26 Å². The summed E-state index contributed by atoms with van der Waals surface area (Å²) in [6, 6.07) is 15.5. The summed E-state index contributed by atoms with van der Waals surface area (Å²) in [7, 11) is 0. The number of nitrogens with zero attached hydrogens (tertiary/aromatic N) is 3. The number of hydrogen-bond donors (Lipinski definition) is 0. The largest absolute Gasteiger partial charge is 0.299 e. The van der Waals surface area contributed by atoms with Crippen LogP contribution < -0.4 is 4.31 Å². The van der Waals surface area contributed by atoms with E-state index in [4.69, 9.17) is 5.26 Å². The minimum Gasteiger partial charge on any atom is -0.299 e. The first-order valence-corrected chi connectivity index (χ1v) is 10.5. The molecule has 6 heteroatoms. The summed E-state index contributed by atoms with van der Waals surface area (Å²) in [5.41, 5.74) is 3.51. The molecule has 3 nitrogen and oxygen atoms in total. The second-order valence-corrected chi connectivity index (χ2v) is 8.17. The molecule has 1 aliphatic heterocycles. The van der Waals surface area contributed by atoms with Gasteiger partial charge in [0.05, 0.1) is 6.54 Å². The second-order valence-electron chi connectivity index (χ2n) is 7.05. The minimum atomic E-state index is -0.197. The van der Waals surface area contributed by atoms with E-state index in [-0.39, 0.29) is 12.5 Å². The Labute approximate surface area is 172 Å². The van der Waals surface area contributed by atoms with Gasteiger partial charge < -0.3 is 0 Å². The Kier molecular flexibility index (Phi) is 7.19. The van der Waals surface area contributed by atoms with E-state index >= 15 is 0 Å². The van der Waals surface area contributed by atoms with Crippen molar-refractivity contribution in [2.45, 2.75) is 32.5 Å². The molecule has 1 aliphatic rings. The highest BCUT2D eigenvalue weighted by molar-refractivity contribution is 7.98. The standard InChI is InChI=1S/C22H25BFN3S/c1-3-18(2)19-9-10-20(22(24)15-19)16-27(21-7-5-4-6-8-21)28-26-13-11-23(17-25)12-14-26/h4-10,15H,2-3,11-14,16H2,1H3. The fourth-order valence-corrected chi connectivity index (χ4v) is 4.29. The van der Waals surface area contributed by atoms with Crippen LogP contribution in [0.15, 0.2) is 55.1 Å². The van der Waals surface area contributed by atoms with E-state index in [1.807, 2.05) is 49.4 Å². The van der Waals surface area contributed by atoms with Crippen LogP contribution in [-0.2, 0) is 6.54 Å².